The second kappa shape index (κ2) is 2.88. The fourth-order valence-corrected chi connectivity index (χ4v) is 1.26. The Morgan fingerprint density at radius 1 is 1.64 bits per heavy atom. The standard InChI is InChI=1S/C8H11F3/c1-6-2-3-8(10,11)7(4-6)5-9/h4,7H,2-3,5H2,1H3/t7-/m1/s1. The van der Waals surface area contributed by atoms with Crippen molar-refractivity contribution in [3.8, 4) is 0 Å². The quantitative estimate of drug-likeness (QED) is 0.522. The van der Waals surface area contributed by atoms with E-state index in [1.165, 1.54) is 6.08 Å². The summed E-state index contributed by atoms with van der Waals surface area (Å²) in [5, 5.41) is 0. The Hall–Kier alpha value is -0.470. The summed E-state index contributed by atoms with van der Waals surface area (Å²) >= 11 is 0. The van der Waals surface area contributed by atoms with E-state index < -0.39 is 18.5 Å². The molecule has 0 aliphatic heterocycles. The van der Waals surface area contributed by atoms with E-state index in [9.17, 15) is 13.2 Å². The topological polar surface area (TPSA) is 0 Å². The molecule has 0 saturated heterocycles. The van der Waals surface area contributed by atoms with Crippen LogP contribution >= 0.6 is 0 Å². The fourth-order valence-electron chi connectivity index (χ4n) is 1.26. The zero-order valence-electron chi connectivity index (χ0n) is 6.41. The highest BCUT2D eigenvalue weighted by molar-refractivity contribution is 5.09. The van der Waals surface area contributed by atoms with Gasteiger partial charge in [-0.2, -0.15) is 0 Å². The van der Waals surface area contributed by atoms with Gasteiger partial charge < -0.3 is 0 Å². The van der Waals surface area contributed by atoms with Gasteiger partial charge in [0.15, 0.2) is 0 Å². The maximum Gasteiger partial charge on any atom is 0.257 e. The van der Waals surface area contributed by atoms with Crippen LogP contribution in [0.15, 0.2) is 11.6 Å². The Labute approximate surface area is 64.1 Å². The number of hydrogen-bond acceptors (Lipinski definition) is 0. The van der Waals surface area contributed by atoms with Gasteiger partial charge in [-0.1, -0.05) is 11.6 Å². The van der Waals surface area contributed by atoms with E-state index in [2.05, 4.69) is 0 Å². The predicted octanol–water partition coefficient (Wildman–Crippen LogP) is 2.95. The summed E-state index contributed by atoms with van der Waals surface area (Å²) < 4.78 is 37.5. The van der Waals surface area contributed by atoms with E-state index in [-0.39, 0.29) is 6.42 Å². The van der Waals surface area contributed by atoms with Crippen LogP contribution in [0, 0.1) is 5.92 Å². The number of halogens is 3. The molecule has 1 atom stereocenters. The second-order valence-corrected chi connectivity index (χ2v) is 3.03. The summed E-state index contributed by atoms with van der Waals surface area (Å²) in [6.45, 7) is 0.808. The lowest BCUT2D eigenvalue weighted by Crippen LogP contribution is -2.31. The Morgan fingerprint density at radius 3 is 2.73 bits per heavy atom. The van der Waals surface area contributed by atoms with Gasteiger partial charge in [-0.25, -0.2) is 8.78 Å². The molecule has 0 bridgehead atoms. The normalized spacial score (nSPS) is 29.8. The van der Waals surface area contributed by atoms with Crippen LogP contribution in [-0.2, 0) is 0 Å². The van der Waals surface area contributed by atoms with Gasteiger partial charge in [-0.05, 0) is 13.3 Å². The molecular formula is C8H11F3. The van der Waals surface area contributed by atoms with Crippen LogP contribution in [0.1, 0.15) is 19.8 Å². The molecule has 1 aliphatic carbocycles. The van der Waals surface area contributed by atoms with Gasteiger partial charge in [0.25, 0.3) is 5.92 Å². The molecule has 0 nitrogen and oxygen atoms in total. The van der Waals surface area contributed by atoms with Crippen LogP contribution < -0.4 is 0 Å². The minimum absolute atomic E-state index is 0.204. The molecule has 0 radical (unpaired) electrons. The van der Waals surface area contributed by atoms with E-state index in [1.54, 1.807) is 6.92 Å². The zero-order chi connectivity index (χ0) is 8.48. The molecule has 0 saturated carbocycles. The van der Waals surface area contributed by atoms with Crippen molar-refractivity contribution in [2.45, 2.75) is 25.7 Å². The first kappa shape index (κ1) is 8.62. The largest absolute Gasteiger partial charge is 0.257 e. The molecule has 0 unspecified atom stereocenters. The summed E-state index contributed by atoms with van der Waals surface area (Å²) in [4.78, 5) is 0. The SMILES string of the molecule is CC1=C[C@H](CF)C(F)(F)CC1. The lowest BCUT2D eigenvalue weighted by molar-refractivity contribution is -0.0594. The highest BCUT2D eigenvalue weighted by Gasteiger charge is 2.40. The van der Waals surface area contributed by atoms with Crippen LogP contribution in [0.25, 0.3) is 0 Å². The lowest BCUT2D eigenvalue weighted by atomic mass is 9.88. The van der Waals surface area contributed by atoms with E-state index >= 15 is 0 Å². The molecule has 0 heterocycles. The van der Waals surface area contributed by atoms with Gasteiger partial charge in [-0.15, -0.1) is 0 Å². The van der Waals surface area contributed by atoms with Crippen LogP contribution in [-0.4, -0.2) is 12.6 Å². The average Bonchev–Trinajstić information content (AvgIpc) is 1.94. The van der Waals surface area contributed by atoms with Crippen molar-refractivity contribution >= 4 is 0 Å². The van der Waals surface area contributed by atoms with Crippen molar-refractivity contribution in [2.75, 3.05) is 6.67 Å². The van der Waals surface area contributed by atoms with Crippen LogP contribution in [0.5, 0.6) is 0 Å². The minimum atomic E-state index is -2.83. The zero-order valence-corrected chi connectivity index (χ0v) is 6.41. The first-order chi connectivity index (χ1) is 5.06. The first-order valence-corrected chi connectivity index (χ1v) is 3.67. The summed E-state index contributed by atoms with van der Waals surface area (Å²) in [5.74, 6) is -4.01. The molecule has 0 aromatic rings. The summed E-state index contributed by atoms with van der Waals surface area (Å²) in [6, 6.07) is 0. The third-order valence-electron chi connectivity index (χ3n) is 2.05. The molecule has 0 N–H and O–H groups in total. The molecule has 0 aromatic heterocycles. The van der Waals surface area contributed by atoms with Crippen molar-refractivity contribution < 1.29 is 13.2 Å². The van der Waals surface area contributed by atoms with E-state index in [4.69, 9.17) is 0 Å². The van der Waals surface area contributed by atoms with Gasteiger partial charge in [0, 0.05) is 6.42 Å². The lowest BCUT2D eigenvalue weighted by Gasteiger charge is -2.27. The molecule has 0 aromatic carbocycles. The average molecular weight is 164 g/mol. The second-order valence-electron chi connectivity index (χ2n) is 3.03. The number of allylic oxidation sites excluding steroid dienone is 2. The van der Waals surface area contributed by atoms with Gasteiger partial charge in [0.2, 0.25) is 0 Å². The van der Waals surface area contributed by atoms with Crippen molar-refractivity contribution in [2.24, 2.45) is 5.92 Å². The number of alkyl halides is 3. The van der Waals surface area contributed by atoms with E-state index in [0.29, 0.717) is 6.42 Å². The molecule has 0 amide bonds. The van der Waals surface area contributed by atoms with Crippen molar-refractivity contribution in [1.29, 1.82) is 0 Å². The molecule has 0 spiro atoms. The Kier molecular flexibility index (Phi) is 2.25. The first-order valence-electron chi connectivity index (χ1n) is 3.67. The van der Waals surface area contributed by atoms with Crippen LogP contribution in [0.2, 0.25) is 0 Å². The van der Waals surface area contributed by atoms with Gasteiger partial charge in [0.1, 0.15) is 6.67 Å². The van der Waals surface area contributed by atoms with Crippen molar-refractivity contribution in [3.63, 3.8) is 0 Å². The monoisotopic (exact) mass is 164 g/mol. The Bertz CT molecular complexity index is 172. The van der Waals surface area contributed by atoms with Gasteiger partial charge in [0.05, 0.1) is 5.92 Å². The third kappa shape index (κ3) is 1.76. The summed E-state index contributed by atoms with van der Waals surface area (Å²) in [5.41, 5.74) is 0.874. The third-order valence-corrected chi connectivity index (χ3v) is 2.05. The van der Waals surface area contributed by atoms with Crippen LogP contribution in [0.3, 0.4) is 0 Å². The van der Waals surface area contributed by atoms with Gasteiger partial charge in [-0.3, -0.25) is 4.39 Å². The number of rotatable bonds is 1. The summed E-state index contributed by atoms with van der Waals surface area (Å²) in [6.07, 6.45) is 1.54. The molecule has 1 rings (SSSR count). The predicted molar refractivity (Wildman–Crippen MR) is 37.4 cm³/mol. The Morgan fingerprint density at radius 2 is 2.27 bits per heavy atom. The molecule has 64 valence electrons. The van der Waals surface area contributed by atoms with Crippen molar-refractivity contribution in [3.05, 3.63) is 11.6 Å². The smallest absolute Gasteiger partial charge is 0.250 e. The van der Waals surface area contributed by atoms with Gasteiger partial charge >= 0.3 is 0 Å². The highest BCUT2D eigenvalue weighted by Crippen LogP contribution is 2.37. The molecule has 1 aliphatic rings. The maximum absolute atomic E-state index is 12.8. The molecular weight excluding hydrogens is 153 g/mol. The fraction of sp³-hybridized carbons (Fsp3) is 0.750. The Balaban J connectivity index is 2.75. The van der Waals surface area contributed by atoms with E-state index in [0.717, 1.165) is 5.57 Å². The van der Waals surface area contributed by atoms with E-state index in [1.807, 2.05) is 0 Å². The number of hydrogen-bond donors (Lipinski definition) is 0. The minimum Gasteiger partial charge on any atom is -0.250 e. The molecule has 11 heavy (non-hydrogen) atoms. The van der Waals surface area contributed by atoms with Crippen molar-refractivity contribution in [1.82, 2.24) is 0 Å². The maximum atomic E-state index is 12.8. The molecule has 0 fully saturated rings. The molecule has 3 heteroatoms. The van der Waals surface area contributed by atoms with Crippen LogP contribution in [0.4, 0.5) is 13.2 Å². The highest BCUT2D eigenvalue weighted by atomic mass is 19.3. The summed E-state index contributed by atoms with van der Waals surface area (Å²) in [7, 11) is 0.